The molecule has 0 spiro atoms. The Hall–Kier alpha value is -1.10. The normalized spacial score (nSPS) is 18.7. The van der Waals surface area contributed by atoms with E-state index in [1.165, 1.54) is 6.92 Å². The van der Waals surface area contributed by atoms with Crippen LogP contribution in [0.3, 0.4) is 0 Å². The Balaban J connectivity index is 2.30. The van der Waals surface area contributed by atoms with Crippen molar-refractivity contribution in [1.82, 2.24) is 5.32 Å². The van der Waals surface area contributed by atoms with E-state index in [2.05, 4.69) is 5.32 Å². The van der Waals surface area contributed by atoms with E-state index in [0.29, 0.717) is 0 Å². The molecule has 0 aliphatic heterocycles. The molecule has 1 unspecified atom stereocenters. The lowest BCUT2D eigenvalue weighted by Gasteiger charge is -2.16. The lowest BCUT2D eigenvalue weighted by molar-refractivity contribution is -0.144. The summed E-state index contributed by atoms with van der Waals surface area (Å²) in [5.41, 5.74) is 0. The number of carboxylic acid groups (broad SMARTS) is 1. The van der Waals surface area contributed by atoms with Crippen molar-refractivity contribution >= 4 is 11.9 Å². The predicted molar refractivity (Wildman–Crippen MR) is 53.4 cm³/mol. The van der Waals surface area contributed by atoms with Gasteiger partial charge in [-0.15, -0.1) is 0 Å². The fraction of sp³-hybridized carbons (Fsp3) is 0.800. The van der Waals surface area contributed by atoms with E-state index in [1.807, 2.05) is 0 Å². The average molecular weight is 215 g/mol. The van der Waals surface area contributed by atoms with Crippen LogP contribution >= 0.6 is 0 Å². The molecule has 1 amide bonds. The Bertz CT molecular complexity index is 236. The number of carboxylic acids is 1. The average Bonchev–Trinajstić information content (AvgIpc) is 2.63. The molecule has 1 atom stereocenters. The van der Waals surface area contributed by atoms with E-state index in [9.17, 15) is 9.59 Å². The van der Waals surface area contributed by atoms with Gasteiger partial charge >= 0.3 is 5.97 Å². The maximum absolute atomic E-state index is 10.7. The number of ether oxygens (including phenoxy) is 1. The second-order valence-corrected chi connectivity index (χ2v) is 3.83. The van der Waals surface area contributed by atoms with Gasteiger partial charge < -0.3 is 15.2 Å². The number of hydrogen-bond donors (Lipinski definition) is 2. The molecule has 0 radical (unpaired) electrons. The number of hydrogen-bond acceptors (Lipinski definition) is 3. The number of aliphatic carboxylic acids is 1. The van der Waals surface area contributed by atoms with Gasteiger partial charge in [-0.3, -0.25) is 4.79 Å². The van der Waals surface area contributed by atoms with Crippen molar-refractivity contribution in [1.29, 1.82) is 0 Å². The summed E-state index contributed by atoms with van der Waals surface area (Å²) in [5, 5.41) is 11.1. The van der Waals surface area contributed by atoms with Crippen molar-refractivity contribution in [2.45, 2.75) is 44.8 Å². The van der Waals surface area contributed by atoms with Crippen molar-refractivity contribution < 1.29 is 19.4 Å². The minimum atomic E-state index is -1.05. The van der Waals surface area contributed by atoms with Crippen molar-refractivity contribution in [2.24, 2.45) is 0 Å². The summed E-state index contributed by atoms with van der Waals surface area (Å²) in [6.45, 7) is 1.35. The molecule has 15 heavy (non-hydrogen) atoms. The van der Waals surface area contributed by atoms with Crippen LogP contribution in [-0.4, -0.2) is 35.7 Å². The quantitative estimate of drug-likeness (QED) is 0.701. The summed E-state index contributed by atoms with van der Waals surface area (Å²) in [6, 6.07) is -0.928. The molecule has 1 aliphatic carbocycles. The van der Waals surface area contributed by atoms with E-state index < -0.39 is 12.0 Å². The molecule has 0 aromatic rings. The summed E-state index contributed by atoms with van der Waals surface area (Å²) >= 11 is 0. The minimum absolute atomic E-state index is 0.0551. The maximum atomic E-state index is 10.7. The SMILES string of the molecule is CC(=O)NC(COC1CCCC1)C(=O)O. The van der Waals surface area contributed by atoms with Crippen LogP contribution < -0.4 is 5.32 Å². The predicted octanol–water partition coefficient (Wildman–Crippen LogP) is 0.535. The highest BCUT2D eigenvalue weighted by molar-refractivity contribution is 5.82. The summed E-state index contributed by atoms with van der Waals surface area (Å²) in [5.74, 6) is -1.40. The molecule has 0 bridgehead atoms. The van der Waals surface area contributed by atoms with Gasteiger partial charge in [0.1, 0.15) is 0 Å². The summed E-state index contributed by atoms with van der Waals surface area (Å²) in [7, 11) is 0. The van der Waals surface area contributed by atoms with Crippen LogP contribution in [0.5, 0.6) is 0 Å². The lowest BCUT2D eigenvalue weighted by Crippen LogP contribution is -2.43. The van der Waals surface area contributed by atoms with Gasteiger partial charge in [0.2, 0.25) is 5.91 Å². The molecule has 86 valence electrons. The van der Waals surface area contributed by atoms with Crippen LogP contribution in [-0.2, 0) is 14.3 Å². The highest BCUT2D eigenvalue weighted by Gasteiger charge is 2.22. The van der Waals surface area contributed by atoms with Gasteiger partial charge in [-0.05, 0) is 12.8 Å². The monoisotopic (exact) mass is 215 g/mol. The fourth-order valence-electron chi connectivity index (χ4n) is 1.71. The Morgan fingerprint density at radius 2 is 2.07 bits per heavy atom. The molecule has 1 aliphatic rings. The molecular weight excluding hydrogens is 198 g/mol. The van der Waals surface area contributed by atoms with E-state index in [1.54, 1.807) is 0 Å². The van der Waals surface area contributed by atoms with Crippen LogP contribution in [0.2, 0.25) is 0 Å². The second-order valence-electron chi connectivity index (χ2n) is 3.83. The lowest BCUT2D eigenvalue weighted by atomic mass is 10.3. The Labute approximate surface area is 88.8 Å². The zero-order chi connectivity index (χ0) is 11.3. The first-order valence-electron chi connectivity index (χ1n) is 5.21. The summed E-state index contributed by atoms with van der Waals surface area (Å²) in [6.07, 6.45) is 4.43. The third-order valence-corrected chi connectivity index (χ3v) is 2.48. The van der Waals surface area contributed by atoms with Gasteiger partial charge in [-0.1, -0.05) is 12.8 Å². The summed E-state index contributed by atoms with van der Waals surface area (Å²) < 4.78 is 5.43. The molecule has 0 heterocycles. The highest BCUT2D eigenvalue weighted by atomic mass is 16.5. The van der Waals surface area contributed by atoms with Crippen LogP contribution in [0.1, 0.15) is 32.6 Å². The topological polar surface area (TPSA) is 75.6 Å². The Morgan fingerprint density at radius 1 is 1.47 bits per heavy atom. The van der Waals surface area contributed by atoms with Crippen LogP contribution in [0.4, 0.5) is 0 Å². The van der Waals surface area contributed by atoms with Gasteiger partial charge in [-0.25, -0.2) is 4.79 Å². The smallest absolute Gasteiger partial charge is 0.328 e. The van der Waals surface area contributed by atoms with E-state index >= 15 is 0 Å². The van der Waals surface area contributed by atoms with Gasteiger partial charge in [0.25, 0.3) is 0 Å². The number of amides is 1. The molecule has 5 nitrogen and oxygen atoms in total. The summed E-state index contributed by atoms with van der Waals surface area (Å²) in [4.78, 5) is 21.5. The standard InChI is InChI=1S/C10H17NO4/c1-7(12)11-9(10(13)14)6-15-8-4-2-3-5-8/h8-9H,2-6H2,1H3,(H,11,12)(H,13,14). The number of carbonyl (C=O) groups excluding carboxylic acids is 1. The van der Waals surface area contributed by atoms with Gasteiger partial charge in [-0.2, -0.15) is 0 Å². The number of nitrogens with one attached hydrogen (secondary N) is 1. The maximum Gasteiger partial charge on any atom is 0.328 e. The second kappa shape index (κ2) is 5.70. The van der Waals surface area contributed by atoms with Crippen LogP contribution in [0, 0.1) is 0 Å². The molecule has 0 aromatic heterocycles. The first-order valence-corrected chi connectivity index (χ1v) is 5.21. The first-order chi connectivity index (χ1) is 7.09. The zero-order valence-corrected chi connectivity index (χ0v) is 8.86. The first kappa shape index (κ1) is 12.0. The minimum Gasteiger partial charge on any atom is -0.480 e. The Kier molecular flexibility index (Phi) is 4.55. The highest BCUT2D eigenvalue weighted by Crippen LogP contribution is 2.20. The molecule has 1 rings (SSSR count). The third kappa shape index (κ3) is 4.29. The molecule has 1 saturated carbocycles. The van der Waals surface area contributed by atoms with Crippen LogP contribution in [0.25, 0.3) is 0 Å². The zero-order valence-electron chi connectivity index (χ0n) is 8.86. The molecular formula is C10H17NO4. The van der Waals surface area contributed by atoms with Crippen molar-refractivity contribution in [2.75, 3.05) is 6.61 Å². The van der Waals surface area contributed by atoms with Gasteiger partial charge in [0.15, 0.2) is 6.04 Å². The fourth-order valence-corrected chi connectivity index (χ4v) is 1.71. The molecule has 2 N–H and O–H groups in total. The Morgan fingerprint density at radius 3 is 2.53 bits per heavy atom. The number of carbonyl (C=O) groups is 2. The third-order valence-electron chi connectivity index (χ3n) is 2.48. The molecule has 1 fully saturated rings. The molecule has 0 saturated heterocycles. The van der Waals surface area contributed by atoms with E-state index in [0.717, 1.165) is 25.7 Å². The van der Waals surface area contributed by atoms with Crippen molar-refractivity contribution in [3.05, 3.63) is 0 Å². The van der Waals surface area contributed by atoms with Gasteiger partial charge in [0, 0.05) is 6.92 Å². The van der Waals surface area contributed by atoms with E-state index in [4.69, 9.17) is 9.84 Å². The van der Waals surface area contributed by atoms with Crippen LogP contribution in [0.15, 0.2) is 0 Å². The van der Waals surface area contributed by atoms with Gasteiger partial charge in [0.05, 0.1) is 12.7 Å². The van der Waals surface area contributed by atoms with Crippen molar-refractivity contribution in [3.63, 3.8) is 0 Å². The van der Waals surface area contributed by atoms with E-state index in [-0.39, 0.29) is 18.6 Å². The number of rotatable bonds is 5. The van der Waals surface area contributed by atoms with Crippen molar-refractivity contribution in [3.8, 4) is 0 Å². The largest absolute Gasteiger partial charge is 0.480 e. The molecule has 5 heteroatoms. The molecule has 0 aromatic carbocycles.